The highest BCUT2D eigenvalue weighted by Gasteiger charge is 2.18. The molecule has 0 aliphatic rings. The van der Waals surface area contributed by atoms with Crippen molar-refractivity contribution in [2.24, 2.45) is 0 Å². The van der Waals surface area contributed by atoms with Gasteiger partial charge in [-0.25, -0.2) is 9.97 Å². The number of aromatic nitrogens is 4. The molecule has 0 aliphatic heterocycles. The van der Waals surface area contributed by atoms with Crippen LogP contribution in [0, 0.1) is 0 Å². The van der Waals surface area contributed by atoms with E-state index in [1.807, 2.05) is 12.1 Å². The Morgan fingerprint density at radius 3 is 1.29 bits per heavy atom. The maximum Gasteiger partial charge on any atom is 0.227 e. The van der Waals surface area contributed by atoms with E-state index in [1.54, 1.807) is 12.4 Å². The monoisotopic (exact) mass is 666 g/mol. The number of hydrogen-bond acceptors (Lipinski definition) is 4. The first-order valence-electron chi connectivity index (χ1n) is 17.4. The molecule has 6 nitrogen and oxygen atoms in total. The van der Waals surface area contributed by atoms with Crippen LogP contribution in [0.2, 0.25) is 0 Å². The van der Waals surface area contributed by atoms with Crippen molar-refractivity contribution < 1.29 is 8.83 Å². The van der Waals surface area contributed by atoms with Gasteiger partial charge in [0.15, 0.2) is 0 Å². The number of pyridine rings is 2. The Bertz CT molecular complexity index is 3200. The minimum absolute atomic E-state index is 0.659. The van der Waals surface area contributed by atoms with Gasteiger partial charge < -0.3 is 18.0 Å². The maximum absolute atomic E-state index is 6.05. The number of furan rings is 2. The lowest BCUT2D eigenvalue weighted by molar-refractivity contribution is 0.653. The summed E-state index contributed by atoms with van der Waals surface area (Å²) in [6.45, 7) is 0. The number of para-hydroxylation sites is 2. The minimum atomic E-state index is 0.659. The summed E-state index contributed by atoms with van der Waals surface area (Å²) in [6.07, 6.45) is 3.54. The lowest BCUT2D eigenvalue weighted by Gasteiger charge is -2.10. The quantitative estimate of drug-likeness (QED) is 0.188. The number of nitrogens with zero attached hydrogens (tertiary/aromatic N) is 4. The highest BCUT2D eigenvalue weighted by Crippen LogP contribution is 2.40. The van der Waals surface area contributed by atoms with Gasteiger partial charge >= 0.3 is 0 Å². The summed E-state index contributed by atoms with van der Waals surface area (Å²) in [5, 5.41) is 9.02. The fourth-order valence-corrected chi connectivity index (χ4v) is 8.34. The van der Waals surface area contributed by atoms with E-state index in [-0.39, 0.29) is 0 Å². The molecule has 0 bridgehead atoms. The average molecular weight is 667 g/mol. The Labute approximate surface area is 295 Å². The topological polar surface area (TPSA) is 61.9 Å². The molecule has 6 heterocycles. The van der Waals surface area contributed by atoms with Gasteiger partial charge in [0.05, 0.1) is 22.1 Å². The first-order chi connectivity index (χ1) is 25.8. The fraction of sp³-hybridized carbons (Fsp3) is 0. The molecular weight excluding hydrogens is 641 g/mol. The normalized spacial score (nSPS) is 12.2. The van der Waals surface area contributed by atoms with Crippen molar-refractivity contribution in [2.75, 3.05) is 0 Å². The van der Waals surface area contributed by atoms with Gasteiger partial charge in [-0.1, -0.05) is 48.5 Å². The molecule has 0 amide bonds. The molecule has 0 saturated carbocycles. The Hall–Kier alpha value is -7.18. The predicted octanol–water partition coefficient (Wildman–Crippen LogP) is 12.1. The summed E-state index contributed by atoms with van der Waals surface area (Å²) >= 11 is 0. The van der Waals surface area contributed by atoms with E-state index in [1.165, 1.54) is 32.7 Å². The molecule has 0 radical (unpaired) electrons. The van der Waals surface area contributed by atoms with Crippen LogP contribution in [0.3, 0.4) is 0 Å². The summed E-state index contributed by atoms with van der Waals surface area (Å²) in [4.78, 5) is 8.88. The van der Waals surface area contributed by atoms with Crippen molar-refractivity contribution >= 4 is 87.7 Å². The summed E-state index contributed by atoms with van der Waals surface area (Å²) < 4.78 is 16.8. The van der Waals surface area contributed by atoms with Gasteiger partial charge in [0.1, 0.15) is 11.2 Å². The van der Waals surface area contributed by atoms with E-state index < -0.39 is 0 Å². The number of rotatable bonds is 3. The van der Waals surface area contributed by atoms with Crippen LogP contribution in [0.1, 0.15) is 0 Å². The molecule has 6 aromatic heterocycles. The SMILES string of the molecule is c1cnc2oc3ccc(-n4c5ccccc5c5cc(-c6ccc7c(c6)c6ccccc6n7-c6ccc7oc8ncccc8c7c6)ccc54)cc3c2c1. The molecule has 6 aromatic carbocycles. The molecule has 0 saturated heterocycles. The van der Waals surface area contributed by atoms with Gasteiger partial charge in [-0.3, -0.25) is 0 Å². The first-order valence-corrected chi connectivity index (χ1v) is 17.4. The zero-order valence-corrected chi connectivity index (χ0v) is 27.6. The fourth-order valence-electron chi connectivity index (χ4n) is 8.34. The Morgan fingerprint density at radius 2 is 0.788 bits per heavy atom. The van der Waals surface area contributed by atoms with Crippen LogP contribution in [0.4, 0.5) is 0 Å². The maximum atomic E-state index is 6.05. The van der Waals surface area contributed by atoms with Crippen molar-refractivity contribution in [1.29, 1.82) is 0 Å². The van der Waals surface area contributed by atoms with Crippen molar-refractivity contribution in [3.8, 4) is 22.5 Å². The first kappa shape index (κ1) is 27.6. The standard InChI is InChI=1S/C46H26N4O2/c1-3-11-39-31(7-1)35-23-27(13-17-41(35)49(39)29-15-19-43-37(25-29)33-9-5-21-47-45(33)51-43)28-14-18-42-36(24-28)32-8-2-4-12-40(32)50(42)30-16-20-44-38(26-30)34-10-6-22-48-46(34)52-44/h1-26H. The van der Waals surface area contributed by atoms with Gasteiger partial charge in [-0.2, -0.15) is 0 Å². The van der Waals surface area contributed by atoms with E-state index in [0.29, 0.717) is 11.4 Å². The molecule has 0 spiro atoms. The molecule has 0 aliphatic carbocycles. The molecule has 52 heavy (non-hydrogen) atoms. The Morgan fingerprint density at radius 1 is 0.346 bits per heavy atom. The second kappa shape index (κ2) is 10.2. The molecule has 12 aromatic rings. The van der Waals surface area contributed by atoms with Crippen LogP contribution in [0.5, 0.6) is 0 Å². The zero-order chi connectivity index (χ0) is 33.9. The molecular formula is C46H26N4O2. The number of fused-ring (bicyclic) bond motifs is 12. The lowest BCUT2D eigenvalue weighted by atomic mass is 10.0. The summed E-state index contributed by atoms with van der Waals surface area (Å²) in [5.74, 6) is 0. The molecule has 242 valence electrons. The minimum Gasteiger partial charge on any atom is -0.438 e. The van der Waals surface area contributed by atoms with E-state index >= 15 is 0 Å². The van der Waals surface area contributed by atoms with Crippen molar-refractivity contribution in [1.82, 2.24) is 19.1 Å². The molecule has 0 N–H and O–H groups in total. The lowest BCUT2D eigenvalue weighted by Crippen LogP contribution is -1.93. The molecule has 12 rings (SSSR count). The number of benzene rings is 6. The molecule has 0 unspecified atom stereocenters. The summed E-state index contributed by atoms with van der Waals surface area (Å²) in [5.41, 5.74) is 12.2. The van der Waals surface area contributed by atoms with E-state index in [9.17, 15) is 0 Å². The second-order valence-corrected chi connectivity index (χ2v) is 13.4. The van der Waals surface area contributed by atoms with Crippen molar-refractivity contribution in [2.45, 2.75) is 0 Å². The van der Waals surface area contributed by atoms with Crippen LogP contribution in [-0.2, 0) is 0 Å². The van der Waals surface area contributed by atoms with Crippen LogP contribution < -0.4 is 0 Å². The van der Waals surface area contributed by atoms with Gasteiger partial charge in [0.2, 0.25) is 11.4 Å². The van der Waals surface area contributed by atoms with Crippen LogP contribution in [0.15, 0.2) is 167 Å². The molecule has 6 heteroatoms. The van der Waals surface area contributed by atoms with E-state index in [0.717, 1.165) is 66.2 Å². The Kier molecular flexibility index (Phi) is 5.41. The van der Waals surface area contributed by atoms with Crippen LogP contribution in [0.25, 0.3) is 110 Å². The average Bonchev–Trinajstić information content (AvgIpc) is 3.94. The predicted molar refractivity (Wildman–Crippen MR) is 211 cm³/mol. The summed E-state index contributed by atoms with van der Waals surface area (Å²) in [6, 6.07) is 51.9. The smallest absolute Gasteiger partial charge is 0.227 e. The third kappa shape index (κ3) is 3.78. The van der Waals surface area contributed by atoms with Crippen molar-refractivity contribution in [3.63, 3.8) is 0 Å². The van der Waals surface area contributed by atoms with Crippen LogP contribution in [-0.4, -0.2) is 19.1 Å². The molecule has 0 fully saturated rings. The van der Waals surface area contributed by atoms with E-state index in [4.69, 9.17) is 8.83 Å². The Balaban J connectivity index is 1.03. The molecule has 0 atom stereocenters. The summed E-state index contributed by atoms with van der Waals surface area (Å²) in [7, 11) is 0. The highest BCUT2D eigenvalue weighted by molar-refractivity contribution is 6.14. The van der Waals surface area contributed by atoms with E-state index in [2.05, 4.69) is 153 Å². The third-order valence-electron chi connectivity index (χ3n) is 10.7. The largest absolute Gasteiger partial charge is 0.438 e. The number of hydrogen-bond donors (Lipinski definition) is 0. The van der Waals surface area contributed by atoms with Gasteiger partial charge in [-0.15, -0.1) is 0 Å². The second-order valence-electron chi connectivity index (χ2n) is 13.4. The van der Waals surface area contributed by atoms with Gasteiger partial charge in [0, 0.05) is 66.9 Å². The van der Waals surface area contributed by atoms with Crippen molar-refractivity contribution in [3.05, 3.63) is 158 Å². The van der Waals surface area contributed by atoms with Gasteiger partial charge in [-0.05, 0) is 108 Å². The van der Waals surface area contributed by atoms with Gasteiger partial charge in [0.25, 0.3) is 0 Å². The zero-order valence-electron chi connectivity index (χ0n) is 27.6. The highest BCUT2D eigenvalue weighted by atomic mass is 16.3. The van der Waals surface area contributed by atoms with Crippen LogP contribution >= 0.6 is 0 Å². The third-order valence-corrected chi connectivity index (χ3v) is 10.7.